The summed E-state index contributed by atoms with van der Waals surface area (Å²) in [6, 6.07) is 14.9. The van der Waals surface area contributed by atoms with Crippen LogP contribution in [0, 0.1) is 5.82 Å². The number of cyclic esters (lactones) is 1. The van der Waals surface area contributed by atoms with Crippen LogP contribution in [0.15, 0.2) is 71.4 Å². The van der Waals surface area contributed by atoms with Gasteiger partial charge in [0.2, 0.25) is 5.90 Å². The molecule has 0 N–H and O–H groups in total. The van der Waals surface area contributed by atoms with E-state index in [4.69, 9.17) is 37.4 Å². The van der Waals surface area contributed by atoms with Crippen LogP contribution >= 0.6 is 23.2 Å². The number of esters is 2. The van der Waals surface area contributed by atoms with E-state index in [1.807, 2.05) is 0 Å². The monoisotopic (exact) mass is 485 g/mol. The highest BCUT2D eigenvalue weighted by atomic mass is 35.5. The fourth-order valence-electron chi connectivity index (χ4n) is 3.01. The summed E-state index contributed by atoms with van der Waals surface area (Å²) in [6.45, 7) is 0. The van der Waals surface area contributed by atoms with Gasteiger partial charge in [-0.15, -0.1) is 0 Å². The zero-order valence-electron chi connectivity index (χ0n) is 17.0. The van der Waals surface area contributed by atoms with Crippen LogP contribution in [0.3, 0.4) is 0 Å². The zero-order valence-corrected chi connectivity index (χ0v) is 18.5. The molecule has 3 aromatic carbocycles. The second kappa shape index (κ2) is 9.44. The van der Waals surface area contributed by atoms with Crippen molar-refractivity contribution in [3.8, 4) is 11.5 Å². The highest BCUT2D eigenvalue weighted by Gasteiger charge is 2.25. The third kappa shape index (κ3) is 4.89. The lowest BCUT2D eigenvalue weighted by Gasteiger charge is -2.12. The van der Waals surface area contributed by atoms with Crippen LogP contribution in [0.5, 0.6) is 11.5 Å². The molecule has 0 aliphatic carbocycles. The summed E-state index contributed by atoms with van der Waals surface area (Å²) in [4.78, 5) is 28.9. The number of nitrogens with zero attached hydrogens (tertiary/aromatic N) is 1. The number of aliphatic imine (C=N–C) groups is 1. The van der Waals surface area contributed by atoms with E-state index < -0.39 is 17.8 Å². The van der Waals surface area contributed by atoms with Crippen LogP contribution in [0.2, 0.25) is 10.0 Å². The van der Waals surface area contributed by atoms with E-state index in [0.717, 1.165) is 0 Å². The first-order chi connectivity index (χ1) is 15.9. The highest BCUT2D eigenvalue weighted by Crippen LogP contribution is 2.38. The Kier molecular flexibility index (Phi) is 6.44. The van der Waals surface area contributed by atoms with Gasteiger partial charge in [0.15, 0.2) is 17.2 Å². The van der Waals surface area contributed by atoms with E-state index in [-0.39, 0.29) is 38.7 Å². The molecular weight excluding hydrogens is 472 g/mol. The molecule has 0 amide bonds. The Balaban J connectivity index is 1.64. The number of carbonyl (C=O) groups excluding carboxylic acids is 2. The van der Waals surface area contributed by atoms with Crippen LogP contribution in [-0.4, -0.2) is 24.9 Å². The Labute approximate surface area is 197 Å². The van der Waals surface area contributed by atoms with Gasteiger partial charge in [-0.05, 0) is 54.1 Å². The minimum atomic E-state index is -0.712. The van der Waals surface area contributed by atoms with E-state index in [0.29, 0.717) is 11.1 Å². The second-order valence-corrected chi connectivity index (χ2v) is 7.56. The zero-order chi connectivity index (χ0) is 23.5. The molecule has 0 aromatic heterocycles. The molecule has 0 spiro atoms. The van der Waals surface area contributed by atoms with Gasteiger partial charge in [0.25, 0.3) is 0 Å². The molecule has 33 heavy (non-hydrogen) atoms. The normalized spacial score (nSPS) is 14.1. The maximum absolute atomic E-state index is 13.5. The smallest absolute Gasteiger partial charge is 0.363 e. The van der Waals surface area contributed by atoms with Crippen molar-refractivity contribution in [2.75, 3.05) is 7.11 Å². The quantitative estimate of drug-likeness (QED) is 0.263. The Morgan fingerprint density at radius 2 is 1.85 bits per heavy atom. The van der Waals surface area contributed by atoms with E-state index in [1.54, 1.807) is 24.3 Å². The van der Waals surface area contributed by atoms with Gasteiger partial charge < -0.3 is 14.2 Å². The van der Waals surface area contributed by atoms with Crippen molar-refractivity contribution in [2.45, 2.75) is 0 Å². The number of hydrogen-bond donors (Lipinski definition) is 0. The minimum absolute atomic E-state index is 0.0100. The number of halogens is 3. The van der Waals surface area contributed by atoms with Gasteiger partial charge in [0.05, 0.1) is 22.7 Å². The van der Waals surface area contributed by atoms with Crippen LogP contribution in [0.1, 0.15) is 21.5 Å². The van der Waals surface area contributed by atoms with Gasteiger partial charge in [-0.2, -0.15) is 0 Å². The van der Waals surface area contributed by atoms with E-state index in [1.165, 1.54) is 49.6 Å². The Bertz CT molecular complexity index is 1340. The Hall–Kier alpha value is -3.68. The van der Waals surface area contributed by atoms with E-state index in [2.05, 4.69) is 4.99 Å². The van der Waals surface area contributed by atoms with Gasteiger partial charge in [0, 0.05) is 5.56 Å². The Morgan fingerprint density at radius 3 is 2.58 bits per heavy atom. The summed E-state index contributed by atoms with van der Waals surface area (Å²) >= 11 is 12.4. The number of rotatable bonds is 5. The molecule has 4 rings (SSSR count). The lowest BCUT2D eigenvalue weighted by Crippen LogP contribution is -2.10. The summed E-state index contributed by atoms with van der Waals surface area (Å²) in [7, 11) is 1.37. The molecule has 1 heterocycles. The molecule has 1 aliphatic heterocycles. The number of ether oxygens (including phenoxy) is 3. The van der Waals surface area contributed by atoms with E-state index >= 15 is 0 Å². The molecule has 0 atom stereocenters. The van der Waals surface area contributed by atoms with Crippen LogP contribution in [-0.2, 0) is 9.53 Å². The van der Waals surface area contributed by atoms with Crippen LogP contribution in [0.25, 0.3) is 6.08 Å². The van der Waals surface area contributed by atoms with Crippen molar-refractivity contribution in [3.05, 3.63) is 98.9 Å². The molecule has 0 radical (unpaired) electrons. The molecule has 0 fully saturated rings. The standard InChI is InChI=1S/C24H14Cl2FNO5/c1-31-20-11-13(9-18(26)21(20)32-23(29)16-7-2-3-8-17(16)25)10-19-24(30)33-22(28-19)14-5-4-6-15(27)12-14/h2-12H,1H3/b19-10-. The van der Waals surface area contributed by atoms with Crippen molar-refractivity contribution in [1.29, 1.82) is 0 Å². The van der Waals surface area contributed by atoms with Crippen molar-refractivity contribution in [1.82, 2.24) is 0 Å². The molecule has 0 saturated heterocycles. The summed E-state index contributed by atoms with van der Waals surface area (Å²) < 4.78 is 29.3. The molecule has 1 aliphatic rings. The maximum atomic E-state index is 13.5. The lowest BCUT2D eigenvalue weighted by atomic mass is 10.1. The first-order valence-electron chi connectivity index (χ1n) is 9.48. The fourth-order valence-corrected chi connectivity index (χ4v) is 3.48. The average molecular weight is 486 g/mol. The average Bonchev–Trinajstić information content (AvgIpc) is 3.15. The van der Waals surface area contributed by atoms with Crippen molar-refractivity contribution >= 4 is 47.1 Å². The minimum Gasteiger partial charge on any atom is -0.493 e. The molecule has 0 bridgehead atoms. The SMILES string of the molecule is COc1cc(/C=C2\N=C(c3cccc(F)c3)OC2=O)cc(Cl)c1OC(=O)c1ccccc1Cl. The summed E-state index contributed by atoms with van der Waals surface area (Å²) in [5, 5.41) is 0.285. The summed E-state index contributed by atoms with van der Waals surface area (Å²) in [5.41, 5.74) is 0.902. The summed E-state index contributed by atoms with van der Waals surface area (Å²) in [6.07, 6.45) is 1.42. The Morgan fingerprint density at radius 1 is 1.06 bits per heavy atom. The predicted octanol–water partition coefficient (Wildman–Crippen LogP) is 5.70. The van der Waals surface area contributed by atoms with Gasteiger partial charge in [-0.25, -0.2) is 19.0 Å². The highest BCUT2D eigenvalue weighted by molar-refractivity contribution is 6.34. The first kappa shape index (κ1) is 22.5. The number of hydrogen-bond acceptors (Lipinski definition) is 6. The number of methoxy groups -OCH3 is 1. The number of benzene rings is 3. The molecule has 3 aromatic rings. The molecular formula is C24H14Cl2FNO5. The molecule has 166 valence electrons. The first-order valence-corrected chi connectivity index (χ1v) is 10.2. The van der Waals surface area contributed by atoms with Gasteiger partial charge in [0.1, 0.15) is 5.82 Å². The molecule has 6 nitrogen and oxygen atoms in total. The van der Waals surface area contributed by atoms with Crippen LogP contribution < -0.4 is 9.47 Å². The predicted molar refractivity (Wildman–Crippen MR) is 121 cm³/mol. The topological polar surface area (TPSA) is 74.2 Å². The van der Waals surface area contributed by atoms with Gasteiger partial charge in [-0.3, -0.25) is 0 Å². The third-order valence-electron chi connectivity index (χ3n) is 4.54. The molecule has 0 unspecified atom stereocenters. The summed E-state index contributed by atoms with van der Waals surface area (Å²) in [5.74, 6) is -1.79. The van der Waals surface area contributed by atoms with Gasteiger partial charge >= 0.3 is 11.9 Å². The molecule has 9 heteroatoms. The van der Waals surface area contributed by atoms with Crippen LogP contribution in [0.4, 0.5) is 4.39 Å². The van der Waals surface area contributed by atoms with E-state index in [9.17, 15) is 14.0 Å². The van der Waals surface area contributed by atoms with Crippen molar-refractivity contribution in [3.63, 3.8) is 0 Å². The van der Waals surface area contributed by atoms with Crippen molar-refractivity contribution in [2.24, 2.45) is 4.99 Å². The molecule has 0 saturated carbocycles. The second-order valence-electron chi connectivity index (χ2n) is 6.75. The fraction of sp³-hybridized carbons (Fsp3) is 0.0417. The van der Waals surface area contributed by atoms with Crippen molar-refractivity contribution < 1.29 is 28.2 Å². The van der Waals surface area contributed by atoms with Gasteiger partial charge in [-0.1, -0.05) is 41.4 Å². The maximum Gasteiger partial charge on any atom is 0.363 e. The number of carbonyl (C=O) groups is 2. The lowest BCUT2D eigenvalue weighted by molar-refractivity contribution is -0.129. The third-order valence-corrected chi connectivity index (χ3v) is 5.15. The largest absolute Gasteiger partial charge is 0.493 e.